The Labute approximate surface area is 327 Å². The summed E-state index contributed by atoms with van der Waals surface area (Å²) >= 11 is 0. The molecule has 56 heavy (non-hydrogen) atoms. The van der Waals surface area contributed by atoms with E-state index >= 15 is 0 Å². The van der Waals surface area contributed by atoms with Crippen molar-refractivity contribution in [1.82, 2.24) is 4.57 Å². The Kier molecular flexibility index (Phi) is 8.55. The summed E-state index contributed by atoms with van der Waals surface area (Å²) in [6.45, 7) is 0. The summed E-state index contributed by atoms with van der Waals surface area (Å²) in [5.41, 5.74) is 16.3. The van der Waals surface area contributed by atoms with E-state index in [9.17, 15) is 0 Å². The van der Waals surface area contributed by atoms with Gasteiger partial charge in [-0.3, -0.25) is 0 Å². The second-order valence-electron chi connectivity index (χ2n) is 14.1. The first kappa shape index (κ1) is 33.2. The van der Waals surface area contributed by atoms with E-state index in [1.807, 2.05) is 0 Å². The molecule has 0 aliphatic carbocycles. The van der Waals surface area contributed by atoms with Crippen molar-refractivity contribution in [2.45, 2.75) is 0 Å². The molecule has 1 heterocycles. The Morgan fingerprint density at radius 2 is 0.696 bits per heavy atom. The van der Waals surface area contributed by atoms with Crippen LogP contribution in [0.4, 0.5) is 17.1 Å². The molecule has 9 aromatic carbocycles. The lowest BCUT2D eigenvalue weighted by atomic mass is 9.96. The van der Waals surface area contributed by atoms with Gasteiger partial charge in [-0.2, -0.15) is 0 Å². The molecule has 264 valence electrons. The highest BCUT2D eigenvalue weighted by atomic mass is 15.1. The van der Waals surface area contributed by atoms with Gasteiger partial charge in [0, 0.05) is 33.3 Å². The summed E-state index contributed by atoms with van der Waals surface area (Å²) < 4.78 is 2.41. The molecule has 0 bridgehead atoms. The summed E-state index contributed by atoms with van der Waals surface area (Å²) in [5.74, 6) is 0. The topological polar surface area (TPSA) is 8.17 Å². The standard InChI is InChI=1S/C54H38N2/c1-4-16-39(17-5-1)41-28-33-45(34-29-41)55(54-37-32-44(40-18-6-2-7-19-40)38-50(54)42-20-8-3-9-21-42)46-35-30-43(31-36-46)47-22-10-13-25-51(47)56-52-26-14-11-23-48(52)49-24-12-15-27-53(49)56/h1-38H. The Morgan fingerprint density at radius 1 is 0.286 bits per heavy atom. The molecular weight excluding hydrogens is 677 g/mol. The molecule has 1 aromatic heterocycles. The van der Waals surface area contributed by atoms with Crippen LogP contribution in [0.5, 0.6) is 0 Å². The first-order valence-corrected chi connectivity index (χ1v) is 19.2. The smallest absolute Gasteiger partial charge is 0.0541 e. The Bertz CT molecular complexity index is 2870. The predicted octanol–water partition coefficient (Wildman–Crippen LogP) is 14.9. The highest BCUT2D eigenvalue weighted by Gasteiger charge is 2.20. The molecule has 10 aromatic rings. The van der Waals surface area contributed by atoms with E-state index in [-0.39, 0.29) is 0 Å². The van der Waals surface area contributed by atoms with Gasteiger partial charge in [0.1, 0.15) is 0 Å². The number of para-hydroxylation sites is 3. The SMILES string of the molecule is c1ccc(-c2ccc(N(c3ccc(-c4ccccc4-n4c5ccccc5c5ccccc54)cc3)c3ccc(-c4ccccc4)cc3-c3ccccc3)cc2)cc1. The average molecular weight is 715 g/mol. The summed E-state index contributed by atoms with van der Waals surface area (Å²) in [5, 5.41) is 2.52. The quantitative estimate of drug-likeness (QED) is 0.152. The fraction of sp³-hybridized carbons (Fsp3) is 0. The highest BCUT2D eigenvalue weighted by molar-refractivity contribution is 6.09. The molecule has 0 aliphatic heterocycles. The number of benzene rings is 9. The Morgan fingerprint density at radius 3 is 1.29 bits per heavy atom. The summed E-state index contributed by atoms with van der Waals surface area (Å²) in [4.78, 5) is 2.40. The lowest BCUT2D eigenvalue weighted by molar-refractivity contribution is 1.18. The molecule has 0 aliphatic rings. The van der Waals surface area contributed by atoms with E-state index in [0.717, 1.165) is 28.3 Å². The van der Waals surface area contributed by atoms with Gasteiger partial charge in [0.15, 0.2) is 0 Å². The molecule has 2 heteroatoms. The largest absolute Gasteiger partial charge is 0.310 e. The van der Waals surface area contributed by atoms with Gasteiger partial charge in [-0.15, -0.1) is 0 Å². The van der Waals surface area contributed by atoms with E-state index in [1.54, 1.807) is 0 Å². The Hall–Kier alpha value is -7.42. The minimum absolute atomic E-state index is 1.08. The van der Waals surface area contributed by atoms with Gasteiger partial charge in [-0.25, -0.2) is 0 Å². The normalized spacial score (nSPS) is 11.2. The van der Waals surface area contributed by atoms with Crippen molar-refractivity contribution < 1.29 is 0 Å². The second-order valence-corrected chi connectivity index (χ2v) is 14.1. The van der Waals surface area contributed by atoms with Crippen molar-refractivity contribution in [3.05, 3.63) is 231 Å². The monoisotopic (exact) mass is 714 g/mol. The van der Waals surface area contributed by atoms with Crippen LogP contribution in [0.1, 0.15) is 0 Å². The van der Waals surface area contributed by atoms with Crippen molar-refractivity contribution in [3.8, 4) is 50.2 Å². The average Bonchev–Trinajstić information content (AvgIpc) is 3.62. The third kappa shape index (κ3) is 6.04. The zero-order chi connectivity index (χ0) is 37.3. The first-order chi connectivity index (χ1) is 27.8. The van der Waals surface area contributed by atoms with Crippen molar-refractivity contribution in [2.75, 3.05) is 4.90 Å². The maximum absolute atomic E-state index is 2.41. The van der Waals surface area contributed by atoms with Gasteiger partial charge in [0.05, 0.1) is 22.4 Å². The van der Waals surface area contributed by atoms with Gasteiger partial charge in [-0.1, -0.05) is 176 Å². The number of anilines is 3. The maximum atomic E-state index is 2.41. The number of fused-ring (bicyclic) bond motifs is 3. The van der Waals surface area contributed by atoms with E-state index in [0.29, 0.717) is 0 Å². The number of hydrogen-bond donors (Lipinski definition) is 0. The molecule has 0 spiro atoms. The molecule has 0 saturated heterocycles. The van der Waals surface area contributed by atoms with E-state index in [4.69, 9.17) is 0 Å². The number of hydrogen-bond acceptors (Lipinski definition) is 1. The van der Waals surface area contributed by atoms with Crippen molar-refractivity contribution in [2.24, 2.45) is 0 Å². The molecule has 0 radical (unpaired) electrons. The third-order valence-corrected chi connectivity index (χ3v) is 10.8. The van der Waals surface area contributed by atoms with Crippen molar-refractivity contribution >= 4 is 38.9 Å². The molecule has 0 N–H and O–H groups in total. The zero-order valence-corrected chi connectivity index (χ0v) is 30.8. The van der Waals surface area contributed by atoms with Crippen LogP contribution < -0.4 is 4.90 Å². The van der Waals surface area contributed by atoms with Crippen LogP contribution in [0, 0.1) is 0 Å². The predicted molar refractivity (Wildman–Crippen MR) is 237 cm³/mol. The first-order valence-electron chi connectivity index (χ1n) is 19.2. The lowest BCUT2D eigenvalue weighted by Gasteiger charge is -2.29. The highest BCUT2D eigenvalue weighted by Crippen LogP contribution is 2.44. The molecule has 0 saturated carbocycles. The lowest BCUT2D eigenvalue weighted by Crippen LogP contribution is -2.11. The van der Waals surface area contributed by atoms with Crippen LogP contribution in [0.15, 0.2) is 231 Å². The molecule has 0 unspecified atom stereocenters. The number of rotatable bonds is 8. The van der Waals surface area contributed by atoms with E-state index in [1.165, 1.54) is 60.8 Å². The molecule has 10 rings (SSSR count). The fourth-order valence-electron chi connectivity index (χ4n) is 8.14. The van der Waals surface area contributed by atoms with Crippen LogP contribution in [0.3, 0.4) is 0 Å². The van der Waals surface area contributed by atoms with E-state index < -0.39 is 0 Å². The molecule has 0 atom stereocenters. The van der Waals surface area contributed by atoms with Crippen LogP contribution in [0.2, 0.25) is 0 Å². The van der Waals surface area contributed by atoms with Gasteiger partial charge in [-0.05, 0) is 88.0 Å². The minimum Gasteiger partial charge on any atom is -0.310 e. The number of nitrogens with zero attached hydrogens (tertiary/aromatic N) is 2. The van der Waals surface area contributed by atoms with Gasteiger partial charge in [0.2, 0.25) is 0 Å². The summed E-state index contributed by atoms with van der Waals surface area (Å²) in [7, 11) is 0. The third-order valence-electron chi connectivity index (χ3n) is 10.8. The molecular formula is C54H38N2. The second kappa shape index (κ2) is 14.4. The molecule has 0 fully saturated rings. The van der Waals surface area contributed by atoms with Crippen LogP contribution in [-0.4, -0.2) is 4.57 Å². The van der Waals surface area contributed by atoms with E-state index in [2.05, 4.69) is 240 Å². The zero-order valence-electron chi connectivity index (χ0n) is 30.8. The molecule has 0 amide bonds. The Balaban J connectivity index is 1.12. The minimum atomic E-state index is 1.08. The van der Waals surface area contributed by atoms with Crippen molar-refractivity contribution in [1.29, 1.82) is 0 Å². The number of aromatic nitrogens is 1. The van der Waals surface area contributed by atoms with Crippen LogP contribution in [0.25, 0.3) is 72.0 Å². The van der Waals surface area contributed by atoms with Gasteiger partial charge >= 0.3 is 0 Å². The summed E-state index contributed by atoms with van der Waals surface area (Å²) in [6, 6.07) is 83.0. The maximum Gasteiger partial charge on any atom is 0.0541 e. The van der Waals surface area contributed by atoms with Crippen LogP contribution in [-0.2, 0) is 0 Å². The summed E-state index contributed by atoms with van der Waals surface area (Å²) in [6.07, 6.45) is 0. The van der Waals surface area contributed by atoms with Gasteiger partial charge < -0.3 is 9.47 Å². The molecule has 2 nitrogen and oxygen atoms in total. The van der Waals surface area contributed by atoms with Crippen LogP contribution >= 0.6 is 0 Å². The van der Waals surface area contributed by atoms with Gasteiger partial charge in [0.25, 0.3) is 0 Å². The van der Waals surface area contributed by atoms with Crippen molar-refractivity contribution in [3.63, 3.8) is 0 Å². The fourth-order valence-corrected chi connectivity index (χ4v) is 8.14.